The second kappa shape index (κ2) is 8.59. The summed E-state index contributed by atoms with van der Waals surface area (Å²) in [5, 5.41) is 14.5. The highest BCUT2D eigenvalue weighted by atomic mass is 19.2. The van der Waals surface area contributed by atoms with E-state index in [0.717, 1.165) is 12.1 Å². The maximum absolute atomic E-state index is 13.1. The Kier molecular flexibility index (Phi) is 6.23. The first-order valence-electron chi connectivity index (χ1n) is 7.49. The third-order valence-electron chi connectivity index (χ3n) is 3.22. The van der Waals surface area contributed by atoms with E-state index in [4.69, 9.17) is 10.00 Å². The molecule has 0 bridgehead atoms. The second-order valence-electron chi connectivity index (χ2n) is 5.07. The van der Waals surface area contributed by atoms with Crippen molar-refractivity contribution in [3.05, 3.63) is 53.7 Å². The van der Waals surface area contributed by atoms with E-state index < -0.39 is 23.6 Å². The van der Waals surface area contributed by atoms with E-state index in [-0.39, 0.29) is 12.3 Å². The zero-order valence-electron chi connectivity index (χ0n) is 13.4. The van der Waals surface area contributed by atoms with E-state index in [0.29, 0.717) is 17.9 Å². The number of carbonyl (C=O) groups excluding carboxylic acids is 1. The minimum Gasteiger partial charge on any atom is -0.481 e. The van der Waals surface area contributed by atoms with Crippen molar-refractivity contribution in [1.29, 1.82) is 5.26 Å². The molecule has 0 saturated heterocycles. The van der Waals surface area contributed by atoms with Gasteiger partial charge in [-0.05, 0) is 31.2 Å². The summed E-state index contributed by atoms with van der Waals surface area (Å²) in [4.78, 5) is 16.0. The maximum Gasteiger partial charge on any atom is 0.260 e. The number of nitrogens with zero attached hydrogens (tertiary/aromatic N) is 2. The van der Waals surface area contributed by atoms with Crippen LogP contribution in [0.3, 0.4) is 0 Å². The van der Waals surface area contributed by atoms with E-state index in [9.17, 15) is 13.6 Å². The van der Waals surface area contributed by atoms with Gasteiger partial charge < -0.3 is 15.4 Å². The molecule has 0 aliphatic heterocycles. The molecular weight excluding hydrogens is 330 g/mol. The zero-order chi connectivity index (χ0) is 18.2. The summed E-state index contributed by atoms with van der Waals surface area (Å²) in [7, 11) is 0. The number of amides is 1. The molecule has 0 aliphatic rings. The van der Waals surface area contributed by atoms with Crippen molar-refractivity contribution in [3.63, 3.8) is 0 Å². The molecular formula is C17H16F2N4O2. The Balaban J connectivity index is 1.77. The molecule has 2 rings (SSSR count). The highest BCUT2D eigenvalue weighted by Crippen LogP contribution is 2.16. The van der Waals surface area contributed by atoms with Gasteiger partial charge in [0, 0.05) is 25.4 Å². The van der Waals surface area contributed by atoms with E-state index in [1.807, 2.05) is 6.07 Å². The third kappa shape index (κ3) is 5.14. The van der Waals surface area contributed by atoms with Crippen LogP contribution in [0.4, 0.5) is 14.6 Å². The topological polar surface area (TPSA) is 87.0 Å². The average molecular weight is 346 g/mol. The van der Waals surface area contributed by atoms with Gasteiger partial charge in [-0.15, -0.1) is 0 Å². The number of anilines is 1. The Morgan fingerprint density at radius 1 is 1.32 bits per heavy atom. The minimum atomic E-state index is -1.04. The molecule has 0 saturated carbocycles. The number of nitriles is 1. The van der Waals surface area contributed by atoms with E-state index >= 15 is 0 Å². The molecule has 25 heavy (non-hydrogen) atoms. The third-order valence-corrected chi connectivity index (χ3v) is 3.22. The quantitative estimate of drug-likeness (QED) is 0.751. The molecule has 130 valence electrons. The van der Waals surface area contributed by atoms with Gasteiger partial charge in [-0.3, -0.25) is 4.79 Å². The normalized spacial score (nSPS) is 11.3. The Morgan fingerprint density at radius 3 is 2.84 bits per heavy atom. The van der Waals surface area contributed by atoms with Gasteiger partial charge in [-0.1, -0.05) is 0 Å². The number of benzene rings is 1. The van der Waals surface area contributed by atoms with Gasteiger partial charge in [0.15, 0.2) is 17.7 Å². The first-order chi connectivity index (χ1) is 12.0. The average Bonchev–Trinajstić information content (AvgIpc) is 2.62. The molecule has 1 heterocycles. The van der Waals surface area contributed by atoms with Gasteiger partial charge in [0.25, 0.3) is 5.91 Å². The molecule has 0 unspecified atom stereocenters. The van der Waals surface area contributed by atoms with Crippen LogP contribution in [0, 0.1) is 23.0 Å². The zero-order valence-corrected chi connectivity index (χ0v) is 13.4. The van der Waals surface area contributed by atoms with Crippen LogP contribution in [-0.4, -0.2) is 30.1 Å². The number of rotatable bonds is 7. The fraction of sp³-hybridized carbons (Fsp3) is 0.235. The summed E-state index contributed by atoms with van der Waals surface area (Å²) in [5.74, 6) is -1.94. The number of halogens is 2. The molecule has 1 atom stereocenters. The van der Waals surface area contributed by atoms with E-state index in [1.54, 1.807) is 18.3 Å². The highest BCUT2D eigenvalue weighted by molar-refractivity contribution is 5.80. The summed E-state index contributed by atoms with van der Waals surface area (Å²) >= 11 is 0. The Morgan fingerprint density at radius 2 is 2.12 bits per heavy atom. The predicted molar refractivity (Wildman–Crippen MR) is 86.9 cm³/mol. The lowest BCUT2D eigenvalue weighted by Crippen LogP contribution is -2.38. The van der Waals surface area contributed by atoms with Gasteiger partial charge in [0.1, 0.15) is 17.6 Å². The number of hydrogen-bond acceptors (Lipinski definition) is 5. The molecule has 8 heteroatoms. The van der Waals surface area contributed by atoms with E-state index in [2.05, 4.69) is 15.6 Å². The SMILES string of the molecule is C[C@@H](Oc1ccc(F)c(F)c1)C(=O)NCCNc1ncccc1C#N. The van der Waals surface area contributed by atoms with Crippen LogP contribution in [0.5, 0.6) is 5.75 Å². The minimum absolute atomic E-state index is 0.0619. The summed E-state index contributed by atoms with van der Waals surface area (Å²) in [6.07, 6.45) is 0.675. The van der Waals surface area contributed by atoms with Crippen LogP contribution < -0.4 is 15.4 Å². The first kappa shape index (κ1) is 18.1. The fourth-order valence-electron chi connectivity index (χ4n) is 1.95. The summed E-state index contributed by atoms with van der Waals surface area (Å²) in [5.41, 5.74) is 0.406. The second-order valence-corrected chi connectivity index (χ2v) is 5.07. The molecule has 0 radical (unpaired) electrons. The van der Waals surface area contributed by atoms with Crippen molar-refractivity contribution in [2.75, 3.05) is 18.4 Å². The van der Waals surface area contributed by atoms with Crippen LogP contribution in [0.25, 0.3) is 0 Å². The summed E-state index contributed by atoms with van der Waals surface area (Å²) < 4.78 is 31.2. The molecule has 1 aromatic carbocycles. The van der Waals surface area contributed by atoms with Crippen molar-refractivity contribution in [3.8, 4) is 11.8 Å². The Bertz CT molecular complexity index is 792. The van der Waals surface area contributed by atoms with Gasteiger partial charge in [-0.2, -0.15) is 5.26 Å². The Labute approximate surface area is 143 Å². The predicted octanol–water partition coefficient (Wildman–Crippen LogP) is 2.23. The van der Waals surface area contributed by atoms with Crippen molar-refractivity contribution < 1.29 is 18.3 Å². The lowest BCUT2D eigenvalue weighted by atomic mass is 10.3. The maximum atomic E-state index is 13.1. The molecule has 2 N–H and O–H groups in total. The van der Waals surface area contributed by atoms with Crippen molar-refractivity contribution in [2.24, 2.45) is 0 Å². The molecule has 0 spiro atoms. The molecule has 1 aromatic heterocycles. The largest absolute Gasteiger partial charge is 0.481 e. The molecule has 0 fully saturated rings. The number of pyridine rings is 1. The summed E-state index contributed by atoms with van der Waals surface area (Å²) in [6.45, 7) is 2.12. The molecule has 2 aromatic rings. The van der Waals surface area contributed by atoms with Crippen molar-refractivity contribution in [2.45, 2.75) is 13.0 Å². The van der Waals surface area contributed by atoms with Crippen LogP contribution in [0.2, 0.25) is 0 Å². The van der Waals surface area contributed by atoms with Crippen molar-refractivity contribution >= 4 is 11.7 Å². The smallest absolute Gasteiger partial charge is 0.260 e. The highest BCUT2D eigenvalue weighted by Gasteiger charge is 2.15. The lowest BCUT2D eigenvalue weighted by molar-refractivity contribution is -0.127. The Hall–Kier alpha value is -3.21. The standard InChI is InChI=1S/C17H16F2N4O2/c1-11(25-13-4-5-14(18)15(19)9-13)17(24)23-8-7-22-16-12(10-20)3-2-6-21-16/h2-6,9,11H,7-8H2,1H3,(H,21,22)(H,23,24)/t11-/m1/s1. The van der Waals surface area contributed by atoms with Gasteiger partial charge in [0.2, 0.25) is 0 Å². The molecule has 6 nitrogen and oxygen atoms in total. The van der Waals surface area contributed by atoms with Crippen LogP contribution in [-0.2, 0) is 4.79 Å². The molecule has 0 aliphatic carbocycles. The van der Waals surface area contributed by atoms with Crippen molar-refractivity contribution in [1.82, 2.24) is 10.3 Å². The van der Waals surface area contributed by atoms with Crippen LogP contribution >= 0.6 is 0 Å². The number of carbonyl (C=O) groups is 1. The van der Waals surface area contributed by atoms with Gasteiger partial charge in [-0.25, -0.2) is 13.8 Å². The van der Waals surface area contributed by atoms with Crippen LogP contribution in [0.15, 0.2) is 36.5 Å². The number of nitrogens with one attached hydrogen (secondary N) is 2. The number of aromatic nitrogens is 1. The van der Waals surface area contributed by atoms with Gasteiger partial charge in [0.05, 0.1) is 5.56 Å². The fourth-order valence-corrected chi connectivity index (χ4v) is 1.95. The van der Waals surface area contributed by atoms with E-state index in [1.165, 1.54) is 13.0 Å². The number of hydrogen-bond donors (Lipinski definition) is 2. The van der Waals surface area contributed by atoms with Crippen LogP contribution in [0.1, 0.15) is 12.5 Å². The monoisotopic (exact) mass is 346 g/mol. The van der Waals surface area contributed by atoms with Gasteiger partial charge >= 0.3 is 0 Å². The first-order valence-corrected chi connectivity index (χ1v) is 7.49. The summed E-state index contributed by atoms with van der Waals surface area (Å²) in [6, 6.07) is 8.35. The lowest BCUT2D eigenvalue weighted by Gasteiger charge is -2.15. The molecule has 1 amide bonds. The number of ether oxygens (including phenoxy) is 1.